The summed E-state index contributed by atoms with van der Waals surface area (Å²) in [6, 6.07) is 16.4. The van der Waals surface area contributed by atoms with E-state index in [-0.39, 0.29) is 23.3 Å². The number of carbonyl (C=O) groups excluding carboxylic acids is 1. The van der Waals surface area contributed by atoms with Crippen molar-refractivity contribution in [1.29, 1.82) is 0 Å². The molecule has 0 radical (unpaired) electrons. The van der Waals surface area contributed by atoms with Crippen LogP contribution < -0.4 is 15.4 Å². The quantitative estimate of drug-likeness (QED) is 0.653. The van der Waals surface area contributed by atoms with Gasteiger partial charge < -0.3 is 15.4 Å². The van der Waals surface area contributed by atoms with Crippen LogP contribution in [0, 0.1) is 5.82 Å². The zero-order valence-electron chi connectivity index (χ0n) is 14.2. The minimum absolute atomic E-state index is 0.112. The second kappa shape index (κ2) is 8.86. The predicted molar refractivity (Wildman–Crippen MR) is 105 cm³/mol. The van der Waals surface area contributed by atoms with Crippen LogP contribution in [0.25, 0.3) is 0 Å². The molecule has 0 atom stereocenters. The molecule has 0 aliphatic heterocycles. The highest BCUT2D eigenvalue weighted by molar-refractivity contribution is 7.80. The smallest absolute Gasteiger partial charge is 0.230 e. The number of ether oxygens (including phenoxy) is 1. The highest BCUT2D eigenvalue weighted by atomic mass is 32.1. The largest absolute Gasteiger partial charge is 0.457 e. The van der Waals surface area contributed by atoms with E-state index in [2.05, 4.69) is 15.6 Å². The summed E-state index contributed by atoms with van der Waals surface area (Å²) in [5.74, 6) is 0.733. The standard InChI is InChI=1S/C20H16FN3O2S/c21-15-3-1-14(2-4-15)13-19(25)24-20(27)23-16-5-7-17(8-6-16)26-18-9-11-22-12-10-18/h1-12H,13H2,(H2,23,24,25,27). The molecule has 3 aromatic rings. The third-order valence-corrected chi connectivity index (χ3v) is 3.73. The van der Waals surface area contributed by atoms with Crippen molar-refractivity contribution in [3.05, 3.63) is 84.4 Å². The second-order valence-electron chi connectivity index (χ2n) is 5.61. The van der Waals surface area contributed by atoms with Gasteiger partial charge in [0.25, 0.3) is 0 Å². The number of aromatic nitrogens is 1. The Morgan fingerprint density at radius 3 is 2.26 bits per heavy atom. The molecule has 2 aromatic carbocycles. The Bertz CT molecular complexity index is 916. The first-order valence-corrected chi connectivity index (χ1v) is 8.52. The van der Waals surface area contributed by atoms with Gasteiger partial charge in [0.1, 0.15) is 17.3 Å². The summed E-state index contributed by atoms with van der Waals surface area (Å²) >= 11 is 5.15. The van der Waals surface area contributed by atoms with Gasteiger partial charge in [-0.1, -0.05) is 12.1 Å². The van der Waals surface area contributed by atoms with Gasteiger partial charge in [0.05, 0.1) is 6.42 Å². The molecule has 5 nitrogen and oxygen atoms in total. The number of amides is 1. The lowest BCUT2D eigenvalue weighted by Gasteiger charge is -2.11. The van der Waals surface area contributed by atoms with Crippen LogP contribution in [0.1, 0.15) is 5.56 Å². The summed E-state index contributed by atoms with van der Waals surface area (Å²) in [4.78, 5) is 15.9. The molecule has 0 saturated carbocycles. The molecule has 0 bridgehead atoms. The van der Waals surface area contributed by atoms with Crippen molar-refractivity contribution in [2.75, 3.05) is 5.32 Å². The van der Waals surface area contributed by atoms with E-state index in [0.717, 1.165) is 0 Å². The number of pyridine rings is 1. The van der Waals surface area contributed by atoms with E-state index in [1.165, 1.54) is 12.1 Å². The summed E-state index contributed by atoms with van der Waals surface area (Å²) in [5.41, 5.74) is 1.42. The summed E-state index contributed by atoms with van der Waals surface area (Å²) in [7, 11) is 0. The van der Waals surface area contributed by atoms with Crippen molar-refractivity contribution < 1.29 is 13.9 Å². The summed E-state index contributed by atoms with van der Waals surface area (Å²) in [6.45, 7) is 0. The maximum atomic E-state index is 12.9. The highest BCUT2D eigenvalue weighted by Gasteiger charge is 2.07. The van der Waals surface area contributed by atoms with Crippen molar-refractivity contribution in [1.82, 2.24) is 10.3 Å². The molecule has 136 valence electrons. The fourth-order valence-electron chi connectivity index (χ4n) is 2.27. The number of thiocarbonyl (C=S) groups is 1. The number of carbonyl (C=O) groups is 1. The van der Waals surface area contributed by atoms with Crippen molar-refractivity contribution in [3.63, 3.8) is 0 Å². The lowest BCUT2D eigenvalue weighted by Crippen LogP contribution is -2.35. The van der Waals surface area contributed by atoms with Gasteiger partial charge in [-0.15, -0.1) is 0 Å². The summed E-state index contributed by atoms with van der Waals surface area (Å²) < 4.78 is 18.6. The van der Waals surface area contributed by atoms with Crippen LogP contribution in [-0.2, 0) is 11.2 Å². The first-order valence-electron chi connectivity index (χ1n) is 8.12. The minimum Gasteiger partial charge on any atom is -0.457 e. The third kappa shape index (κ3) is 5.86. The van der Waals surface area contributed by atoms with Crippen molar-refractivity contribution in [2.24, 2.45) is 0 Å². The molecule has 1 amide bonds. The predicted octanol–water partition coefficient (Wildman–Crippen LogP) is 4.07. The van der Waals surface area contributed by atoms with Gasteiger partial charge in [-0.3, -0.25) is 9.78 Å². The Labute approximate surface area is 161 Å². The number of anilines is 1. The lowest BCUT2D eigenvalue weighted by atomic mass is 10.1. The van der Waals surface area contributed by atoms with E-state index in [4.69, 9.17) is 17.0 Å². The number of nitrogens with one attached hydrogen (secondary N) is 2. The van der Waals surface area contributed by atoms with Gasteiger partial charge in [-0.25, -0.2) is 4.39 Å². The fraction of sp³-hybridized carbons (Fsp3) is 0.0500. The van der Waals surface area contributed by atoms with Crippen LogP contribution >= 0.6 is 12.2 Å². The molecule has 0 spiro atoms. The third-order valence-electron chi connectivity index (χ3n) is 3.53. The van der Waals surface area contributed by atoms with Gasteiger partial charge in [-0.2, -0.15) is 0 Å². The monoisotopic (exact) mass is 381 g/mol. The Kier molecular flexibility index (Phi) is 6.06. The van der Waals surface area contributed by atoms with Gasteiger partial charge in [-0.05, 0) is 66.3 Å². The minimum atomic E-state index is -0.340. The van der Waals surface area contributed by atoms with E-state index in [9.17, 15) is 9.18 Å². The molecule has 2 N–H and O–H groups in total. The Morgan fingerprint density at radius 1 is 0.963 bits per heavy atom. The molecule has 7 heteroatoms. The Morgan fingerprint density at radius 2 is 1.59 bits per heavy atom. The molecular formula is C20H16FN3O2S. The summed E-state index contributed by atoms with van der Waals surface area (Å²) in [5, 5.41) is 5.71. The van der Waals surface area contributed by atoms with Gasteiger partial charge in [0.2, 0.25) is 5.91 Å². The number of nitrogens with zero attached hydrogens (tertiary/aromatic N) is 1. The Balaban J connectivity index is 1.50. The highest BCUT2D eigenvalue weighted by Crippen LogP contribution is 2.22. The van der Waals surface area contributed by atoms with Crippen LogP contribution in [0.5, 0.6) is 11.5 Å². The first kappa shape index (κ1) is 18.5. The molecule has 0 aliphatic carbocycles. The van der Waals surface area contributed by atoms with E-state index < -0.39 is 0 Å². The maximum absolute atomic E-state index is 12.9. The molecule has 0 saturated heterocycles. The molecule has 0 fully saturated rings. The van der Waals surface area contributed by atoms with Crippen LogP contribution in [-0.4, -0.2) is 16.0 Å². The molecule has 1 aromatic heterocycles. The Hall–Kier alpha value is -3.32. The maximum Gasteiger partial charge on any atom is 0.230 e. The van der Waals surface area contributed by atoms with E-state index in [0.29, 0.717) is 22.7 Å². The van der Waals surface area contributed by atoms with E-state index in [1.807, 2.05) is 0 Å². The average molecular weight is 381 g/mol. The van der Waals surface area contributed by atoms with Crippen molar-refractivity contribution >= 4 is 28.9 Å². The first-order chi connectivity index (χ1) is 13.1. The zero-order valence-corrected chi connectivity index (χ0v) is 15.0. The molecule has 0 aliphatic rings. The number of rotatable bonds is 5. The molecule has 0 unspecified atom stereocenters. The van der Waals surface area contributed by atoms with E-state index in [1.54, 1.807) is 60.9 Å². The molecule has 27 heavy (non-hydrogen) atoms. The normalized spacial score (nSPS) is 10.1. The number of hydrogen-bond donors (Lipinski definition) is 2. The van der Waals surface area contributed by atoms with Gasteiger partial charge in [0.15, 0.2) is 5.11 Å². The molecule has 1 heterocycles. The van der Waals surface area contributed by atoms with Crippen LogP contribution in [0.4, 0.5) is 10.1 Å². The summed E-state index contributed by atoms with van der Waals surface area (Å²) in [6.07, 6.45) is 3.41. The number of benzene rings is 2. The van der Waals surface area contributed by atoms with Crippen molar-refractivity contribution in [3.8, 4) is 11.5 Å². The average Bonchev–Trinajstić information content (AvgIpc) is 2.66. The molecular weight excluding hydrogens is 365 g/mol. The number of halogens is 1. The van der Waals surface area contributed by atoms with Gasteiger partial charge >= 0.3 is 0 Å². The zero-order chi connectivity index (χ0) is 19.1. The van der Waals surface area contributed by atoms with Crippen LogP contribution in [0.2, 0.25) is 0 Å². The second-order valence-corrected chi connectivity index (χ2v) is 6.02. The molecule has 3 rings (SSSR count). The number of hydrogen-bond acceptors (Lipinski definition) is 4. The van der Waals surface area contributed by atoms with Crippen molar-refractivity contribution in [2.45, 2.75) is 6.42 Å². The SMILES string of the molecule is O=C(Cc1ccc(F)cc1)NC(=S)Nc1ccc(Oc2ccncc2)cc1. The van der Waals surface area contributed by atoms with Gasteiger partial charge in [0, 0.05) is 18.1 Å². The topological polar surface area (TPSA) is 63.2 Å². The van der Waals surface area contributed by atoms with Crippen LogP contribution in [0.3, 0.4) is 0 Å². The lowest BCUT2D eigenvalue weighted by molar-refractivity contribution is -0.119. The van der Waals surface area contributed by atoms with E-state index >= 15 is 0 Å². The van der Waals surface area contributed by atoms with Crippen LogP contribution in [0.15, 0.2) is 73.1 Å². The fourth-order valence-corrected chi connectivity index (χ4v) is 2.50.